The van der Waals surface area contributed by atoms with E-state index in [2.05, 4.69) is 5.10 Å². The number of sulfonamides is 1. The van der Waals surface area contributed by atoms with Crippen molar-refractivity contribution in [2.45, 2.75) is 30.3 Å². The van der Waals surface area contributed by atoms with Crippen LogP contribution in [0.25, 0.3) is 0 Å². The average Bonchev–Trinajstić information content (AvgIpc) is 2.88. The van der Waals surface area contributed by atoms with Gasteiger partial charge < -0.3 is 0 Å². The molecule has 4 nitrogen and oxygen atoms in total. The maximum atomic E-state index is 12.9. The van der Waals surface area contributed by atoms with E-state index < -0.39 is 21.8 Å². The van der Waals surface area contributed by atoms with Crippen molar-refractivity contribution in [3.63, 3.8) is 0 Å². The molecule has 9 heteroatoms. The molecule has 3 rings (SSSR count). The van der Waals surface area contributed by atoms with Crippen LogP contribution in [0, 0.1) is 0 Å². The first-order valence-corrected chi connectivity index (χ1v) is 10.0. The van der Waals surface area contributed by atoms with Gasteiger partial charge in [0.1, 0.15) is 4.90 Å². The lowest BCUT2D eigenvalue weighted by atomic mass is 10.0. The van der Waals surface area contributed by atoms with Gasteiger partial charge in [0.05, 0.1) is 22.8 Å². The van der Waals surface area contributed by atoms with Gasteiger partial charge in [-0.1, -0.05) is 35.9 Å². The lowest BCUT2D eigenvalue weighted by Gasteiger charge is -2.19. The Morgan fingerprint density at radius 1 is 1.00 bits per heavy atom. The Hall–Kier alpha value is -2.06. The van der Waals surface area contributed by atoms with Crippen molar-refractivity contribution in [3.05, 3.63) is 64.7 Å². The fourth-order valence-electron chi connectivity index (χ4n) is 2.77. The third-order valence-corrected chi connectivity index (χ3v) is 6.36. The van der Waals surface area contributed by atoms with Crippen molar-refractivity contribution < 1.29 is 21.6 Å². The maximum Gasteiger partial charge on any atom is 0.416 e. The molecule has 27 heavy (non-hydrogen) atoms. The first kappa shape index (κ1) is 19.7. The van der Waals surface area contributed by atoms with Crippen LogP contribution in [0.15, 0.2) is 58.5 Å². The van der Waals surface area contributed by atoms with Crippen molar-refractivity contribution in [2.24, 2.45) is 5.10 Å². The van der Waals surface area contributed by atoms with Crippen LogP contribution in [0.4, 0.5) is 13.2 Å². The molecule has 0 radical (unpaired) electrons. The molecule has 0 saturated carbocycles. The number of nitrogens with zero attached hydrogens (tertiary/aromatic N) is 2. The van der Waals surface area contributed by atoms with Crippen molar-refractivity contribution in [1.29, 1.82) is 0 Å². The molecular formula is C18H16ClF3N2O2S. The summed E-state index contributed by atoms with van der Waals surface area (Å²) in [5.74, 6) is 0. The van der Waals surface area contributed by atoms with Gasteiger partial charge in [0, 0.05) is 0 Å². The molecule has 0 amide bonds. The van der Waals surface area contributed by atoms with Gasteiger partial charge in [0.15, 0.2) is 0 Å². The topological polar surface area (TPSA) is 49.7 Å². The summed E-state index contributed by atoms with van der Waals surface area (Å²) in [6.07, 6.45) is -2.70. The molecule has 2 aromatic rings. The molecule has 0 saturated heterocycles. The van der Waals surface area contributed by atoms with E-state index in [1.165, 1.54) is 24.3 Å². The SMILES string of the molecule is O=S(=O)(c1ccccc1Cl)N1CCCCC(c2ccc(C(F)(F)F)cc2)=N1. The highest BCUT2D eigenvalue weighted by Crippen LogP contribution is 2.30. The zero-order valence-electron chi connectivity index (χ0n) is 14.1. The highest BCUT2D eigenvalue weighted by Gasteiger charge is 2.31. The molecule has 0 unspecified atom stereocenters. The lowest BCUT2D eigenvalue weighted by molar-refractivity contribution is -0.137. The molecular weight excluding hydrogens is 401 g/mol. The summed E-state index contributed by atoms with van der Waals surface area (Å²) in [7, 11) is -3.95. The van der Waals surface area contributed by atoms with E-state index in [1.54, 1.807) is 12.1 Å². The predicted octanol–water partition coefficient (Wildman–Crippen LogP) is 4.94. The fourth-order valence-corrected chi connectivity index (χ4v) is 4.56. The van der Waals surface area contributed by atoms with E-state index in [-0.39, 0.29) is 16.5 Å². The largest absolute Gasteiger partial charge is 0.416 e. The van der Waals surface area contributed by atoms with Crippen LogP contribution in [0.1, 0.15) is 30.4 Å². The Morgan fingerprint density at radius 3 is 2.30 bits per heavy atom. The Kier molecular flexibility index (Phi) is 5.48. The lowest BCUT2D eigenvalue weighted by Crippen LogP contribution is -2.27. The van der Waals surface area contributed by atoms with Gasteiger partial charge in [-0.15, -0.1) is 0 Å². The summed E-state index contributed by atoms with van der Waals surface area (Å²) in [5, 5.41) is 4.34. The Balaban J connectivity index is 1.97. The van der Waals surface area contributed by atoms with Gasteiger partial charge in [0.2, 0.25) is 0 Å². The van der Waals surface area contributed by atoms with Gasteiger partial charge >= 0.3 is 6.18 Å². The van der Waals surface area contributed by atoms with Crippen LogP contribution in [0.2, 0.25) is 5.02 Å². The molecule has 0 spiro atoms. The van der Waals surface area contributed by atoms with Crippen molar-refractivity contribution in [1.82, 2.24) is 4.41 Å². The van der Waals surface area contributed by atoms with Gasteiger partial charge in [-0.25, -0.2) is 0 Å². The molecule has 144 valence electrons. The summed E-state index contributed by atoms with van der Waals surface area (Å²) in [4.78, 5) is -0.0518. The van der Waals surface area contributed by atoms with Gasteiger partial charge in [-0.2, -0.15) is 31.1 Å². The smallest absolute Gasteiger partial charge is 0.200 e. The van der Waals surface area contributed by atoms with E-state index in [0.29, 0.717) is 30.5 Å². The Bertz CT molecular complexity index is 957. The predicted molar refractivity (Wildman–Crippen MR) is 97.2 cm³/mol. The molecule has 0 aliphatic carbocycles. The van der Waals surface area contributed by atoms with Crippen LogP contribution >= 0.6 is 11.6 Å². The van der Waals surface area contributed by atoms with Crippen molar-refractivity contribution in [2.75, 3.05) is 6.54 Å². The Morgan fingerprint density at radius 2 is 1.67 bits per heavy atom. The minimum absolute atomic E-state index is 0.0518. The van der Waals surface area contributed by atoms with E-state index in [4.69, 9.17) is 11.6 Å². The van der Waals surface area contributed by atoms with Crippen molar-refractivity contribution >= 4 is 27.3 Å². The standard InChI is InChI=1S/C18H16ClF3N2O2S/c19-15-5-1-2-7-17(15)27(25,26)24-12-4-3-6-16(23-24)13-8-10-14(11-9-13)18(20,21)22/h1-2,5,7-11H,3-4,6,12H2. The molecule has 0 bridgehead atoms. The Labute approximate surface area is 160 Å². The van der Waals surface area contributed by atoms with Crippen LogP contribution in [0.3, 0.4) is 0 Å². The second-order valence-corrected chi connectivity index (χ2v) is 8.28. The molecule has 1 heterocycles. The van der Waals surface area contributed by atoms with Crippen LogP contribution < -0.4 is 0 Å². The molecule has 0 N–H and O–H groups in total. The number of hydrazone groups is 1. The summed E-state index contributed by atoms with van der Waals surface area (Å²) in [6, 6.07) is 10.6. The van der Waals surface area contributed by atoms with Crippen LogP contribution in [-0.4, -0.2) is 25.1 Å². The number of halogens is 4. The fraction of sp³-hybridized carbons (Fsp3) is 0.278. The highest BCUT2D eigenvalue weighted by molar-refractivity contribution is 7.89. The second kappa shape index (κ2) is 7.52. The summed E-state index contributed by atoms with van der Waals surface area (Å²) in [6.45, 7) is 0.178. The zero-order chi connectivity index (χ0) is 19.7. The summed E-state index contributed by atoms with van der Waals surface area (Å²) >= 11 is 6.02. The summed E-state index contributed by atoms with van der Waals surface area (Å²) < 4.78 is 65.0. The van der Waals surface area contributed by atoms with Crippen molar-refractivity contribution in [3.8, 4) is 0 Å². The molecule has 1 aliphatic rings. The van der Waals surface area contributed by atoms with E-state index in [1.807, 2.05) is 0 Å². The van der Waals surface area contributed by atoms with Gasteiger partial charge in [-0.05, 0) is 49.1 Å². The minimum Gasteiger partial charge on any atom is -0.200 e. The average molecular weight is 417 g/mol. The first-order chi connectivity index (χ1) is 12.7. The maximum absolute atomic E-state index is 12.9. The third-order valence-electron chi connectivity index (χ3n) is 4.18. The molecule has 2 aromatic carbocycles. The monoisotopic (exact) mass is 416 g/mol. The number of hydrogen-bond donors (Lipinski definition) is 0. The third kappa shape index (κ3) is 4.27. The minimum atomic E-state index is -4.43. The molecule has 1 aliphatic heterocycles. The number of benzene rings is 2. The summed E-state index contributed by atoms with van der Waals surface area (Å²) in [5.41, 5.74) is 0.127. The zero-order valence-corrected chi connectivity index (χ0v) is 15.7. The van der Waals surface area contributed by atoms with Gasteiger partial charge in [0.25, 0.3) is 10.0 Å². The number of hydrogen-bond acceptors (Lipinski definition) is 3. The van der Waals surface area contributed by atoms with E-state index in [0.717, 1.165) is 16.5 Å². The van der Waals surface area contributed by atoms with Crippen LogP contribution in [0.5, 0.6) is 0 Å². The second-order valence-electron chi connectivity index (χ2n) is 6.06. The molecule has 0 atom stereocenters. The molecule has 0 fully saturated rings. The number of rotatable bonds is 3. The normalized spacial score (nSPS) is 16.0. The number of alkyl halides is 3. The highest BCUT2D eigenvalue weighted by atomic mass is 35.5. The quantitative estimate of drug-likeness (QED) is 0.711. The molecule has 0 aromatic heterocycles. The van der Waals surface area contributed by atoms with E-state index >= 15 is 0 Å². The van der Waals surface area contributed by atoms with Gasteiger partial charge in [-0.3, -0.25) is 0 Å². The first-order valence-electron chi connectivity index (χ1n) is 8.22. The van der Waals surface area contributed by atoms with Crippen LogP contribution in [-0.2, 0) is 16.2 Å². The van der Waals surface area contributed by atoms with E-state index in [9.17, 15) is 21.6 Å².